The average Bonchev–Trinajstić information content (AvgIpc) is 2.53. The molecule has 2 N–H and O–H groups in total. The molecule has 2 aromatic rings. The Morgan fingerprint density at radius 1 is 1.13 bits per heavy atom. The number of rotatable bonds is 6. The van der Waals surface area contributed by atoms with E-state index in [1.54, 1.807) is 13.2 Å². The van der Waals surface area contributed by atoms with Crippen molar-refractivity contribution in [2.75, 3.05) is 17.7 Å². The Balaban J connectivity index is 2.05. The number of nitrogens with one attached hydrogen (secondary N) is 2. The molecule has 0 fully saturated rings. The zero-order valence-corrected chi connectivity index (χ0v) is 14.5. The third-order valence-electron chi connectivity index (χ3n) is 3.26. The van der Waals surface area contributed by atoms with E-state index in [9.17, 15) is 4.79 Å². The molecule has 2 rings (SSSR count). The lowest BCUT2D eigenvalue weighted by Crippen LogP contribution is -2.09. The van der Waals surface area contributed by atoms with Crippen LogP contribution in [0.4, 0.5) is 11.4 Å². The summed E-state index contributed by atoms with van der Waals surface area (Å²) in [6, 6.07) is 10.9. The van der Waals surface area contributed by atoms with Crippen molar-refractivity contribution in [2.45, 2.75) is 19.9 Å². The van der Waals surface area contributed by atoms with Gasteiger partial charge in [-0.25, -0.2) is 0 Å². The highest BCUT2D eigenvalue weighted by Gasteiger charge is 2.09. The molecule has 0 unspecified atom stereocenters. The first-order valence-electron chi connectivity index (χ1n) is 7.19. The van der Waals surface area contributed by atoms with Gasteiger partial charge in [-0.1, -0.05) is 30.1 Å². The normalized spacial score (nSPS) is 10.3. The van der Waals surface area contributed by atoms with Crippen molar-refractivity contribution in [2.24, 2.45) is 0 Å². The predicted molar refractivity (Wildman–Crippen MR) is 95.7 cm³/mol. The summed E-state index contributed by atoms with van der Waals surface area (Å²) in [7, 11) is 1.57. The lowest BCUT2D eigenvalue weighted by molar-refractivity contribution is -0.115. The van der Waals surface area contributed by atoms with Crippen LogP contribution in [0.5, 0.6) is 5.75 Å². The standard InChI is InChI=1S/C17H18Cl2N2O2/c1-3-16(22)21-14-6-4-13(5-7-14)20-10-11-8-12(18)9-15(19)17(11)23-2/h4-9,20H,3,10H2,1-2H3,(H,21,22). The number of hydrogen-bond donors (Lipinski definition) is 2. The first-order chi connectivity index (χ1) is 11.0. The number of methoxy groups -OCH3 is 1. The molecule has 0 atom stereocenters. The largest absolute Gasteiger partial charge is 0.495 e. The molecule has 0 aliphatic heterocycles. The molecule has 1 amide bonds. The summed E-state index contributed by atoms with van der Waals surface area (Å²) >= 11 is 12.2. The van der Waals surface area contributed by atoms with E-state index in [2.05, 4.69) is 10.6 Å². The lowest BCUT2D eigenvalue weighted by Gasteiger charge is -2.13. The lowest BCUT2D eigenvalue weighted by atomic mass is 10.2. The molecule has 2 aromatic carbocycles. The van der Waals surface area contributed by atoms with E-state index in [0.29, 0.717) is 28.8 Å². The third kappa shape index (κ3) is 4.78. The molecule has 0 aromatic heterocycles. The highest BCUT2D eigenvalue weighted by Crippen LogP contribution is 2.32. The second kappa shape index (κ2) is 8.09. The van der Waals surface area contributed by atoms with Gasteiger partial charge >= 0.3 is 0 Å². The van der Waals surface area contributed by atoms with E-state index in [1.165, 1.54) is 0 Å². The summed E-state index contributed by atoms with van der Waals surface area (Å²) in [4.78, 5) is 11.3. The zero-order valence-electron chi connectivity index (χ0n) is 13.0. The van der Waals surface area contributed by atoms with Crippen LogP contribution in [0.15, 0.2) is 36.4 Å². The van der Waals surface area contributed by atoms with Gasteiger partial charge in [-0.05, 0) is 36.4 Å². The predicted octanol–water partition coefficient (Wildman–Crippen LogP) is 4.96. The Morgan fingerprint density at radius 3 is 2.39 bits per heavy atom. The van der Waals surface area contributed by atoms with Crippen molar-refractivity contribution in [3.63, 3.8) is 0 Å². The van der Waals surface area contributed by atoms with Gasteiger partial charge in [0.25, 0.3) is 0 Å². The molecule has 122 valence electrons. The quantitative estimate of drug-likeness (QED) is 0.772. The first kappa shape index (κ1) is 17.4. The number of benzene rings is 2. The molecule has 0 aliphatic rings. The van der Waals surface area contributed by atoms with Gasteiger partial charge in [-0.3, -0.25) is 4.79 Å². The molecule has 0 aliphatic carbocycles. The van der Waals surface area contributed by atoms with Crippen molar-refractivity contribution < 1.29 is 9.53 Å². The van der Waals surface area contributed by atoms with Crippen LogP contribution in [0.1, 0.15) is 18.9 Å². The molecular formula is C17H18Cl2N2O2. The maximum Gasteiger partial charge on any atom is 0.224 e. The minimum Gasteiger partial charge on any atom is -0.495 e. The average molecular weight is 353 g/mol. The smallest absolute Gasteiger partial charge is 0.224 e. The van der Waals surface area contributed by atoms with Crippen molar-refractivity contribution in [1.82, 2.24) is 0 Å². The van der Waals surface area contributed by atoms with E-state index in [4.69, 9.17) is 27.9 Å². The van der Waals surface area contributed by atoms with Crippen molar-refractivity contribution in [3.05, 3.63) is 52.0 Å². The molecule has 0 radical (unpaired) electrons. The Hall–Kier alpha value is -1.91. The maximum absolute atomic E-state index is 11.3. The minimum atomic E-state index is -0.0102. The van der Waals surface area contributed by atoms with E-state index in [1.807, 2.05) is 37.3 Å². The molecule has 23 heavy (non-hydrogen) atoms. The van der Waals surface area contributed by atoms with Crippen LogP contribution >= 0.6 is 23.2 Å². The van der Waals surface area contributed by atoms with Gasteiger partial charge in [0.15, 0.2) is 0 Å². The van der Waals surface area contributed by atoms with E-state index in [-0.39, 0.29) is 5.91 Å². The molecule has 0 heterocycles. The van der Waals surface area contributed by atoms with Crippen LogP contribution in [0, 0.1) is 0 Å². The summed E-state index contributed by atoms with van der Waals surface area (Å²) in [6.45, 7) is 2.33. The maximum atomic E-state index is 11.3. The monoisotopic (exact) mass is 352 g/mol. The van der Waals surface area contributed by atoms with Gasteiger partial charge in [0.2, 0.25) is 5.91 Å². The molecular weight excluding hydrogens is 335 g/mol. The molecule has 0 saturated heterocycles. The summed E-state index contributed by atoms with van der Waals surface area (Å²) in [5.41, 5.74) is 2.55. The Kier molecular flexibility index (Phi) is 6.13. The zero-order chi connectivity index (χ0) is 16.8. The number of ether oxygens (including phenoxy) is 1. The number of hydrogen-bond acceptors (Lipinski definition) is 3. The fourth-order valence-corrected chi connectivity index (χ4v) is 2.70. The second-order valence-electron chi connectivity index (χ2n) is 4.91. The number of carbonyl (C=O) groups is 1. The molecule has 0 bridgehead atoms. The van der Waals surface area contributed by atoms with Crippen molar-refractivity contribution in [3.8, 4) is 5.75 Å². The molecule has 0 spiro atoms. The van der Waals surface area contributed by atoms with Crippen molar-refractivity contribution in [1.29, 1.82) is 0 Å². The third-order valence-corrected chi connectivity index (χ3v) is 3.76. The van der Waals surface area contributed by atoms with E-state index in [0.717, 1.165) is 16.9 Å². The van der Waals surface area contributed by atoms with Gasteiger partial charge in [0.05, 0.1) is 12.1 Å². The Morgan fingerprint density at radius 2 is 1.78 bits per heavy atom. The highest BCUT2D eigenvalue weighted by atomic mass is 35.5. The fraction of sp³-hybridized carbons (Fsp3) is 0.235. The van der Waals surface area contributed by atoms with Gasteiger partial charge in [-0.15, -0.1) is 0 Å². The number of halogens is 2. The number of carbonyl (C=O) groups excluding carboxylic acids is 1. The Bertz CT molecular complexity index is 688. The van der Waals surface area contributed by atoms with Crippen LogP contribution < -0.4 is 15.4 Å². The summed E-state index contributed by atoms with van der Waals surface area (Å²) in [5, 5.41) is 7.12. The molecule has 4 nitrogen and oxygen atoms in total. The van der Waals surface area contributed by atoms with Crippen LogP contribution in [0.3, 0.4) is 0 Å². The van der Waals surface area contributed by atoms with Gasteiger partial charge in [-0.2, -0.15) is 0 Å². The minimum absolute atomic E-state index is 0.0102. The molecule has 0 saturated carbocycles. The number of anilines is 2. The summed E-state index contributed by atoms with van der Waals surface area (Å²) in [6.07, 6.45) is 0.454. The van der Waals surface area contributed by atoms with Crippen LogP contribution in [-0.4, -0.2) is 13.0 Å². The fourth-order valence-electron chi connectivity index (χ4n) is 2.09. The summed E-state index contributed by atoms with van der Waals surface area (Å²) < 4.78 is 5.32. The second-order valence-corrected chi connectivity index (χ2v) is 5.76. The number of amides is 1. The molecule has 6 heteroatoms. The first-order valence-corrected chi connectivity index (χ1v) is 7.94. The van der Waals surface area contributed by atoms with Crippen LogP contribution in [-0.2, 0) is 11.3 Å². The van der Waals surface area contributed by atoms with E-state index < -0.39 is 0 Å². The van der Waals surface area contributed by atoms with Gasteiger partial charge in [0.1, 0.15) is 5.75 Å². The van der Waals surface area contributed by atoms with Crippen LogP contribution in [0.2, 0.25) is 10.0 Å². The van der Waals surface area contributed by atoms with Crippen molar-refractivity contribution >= 4 is 40.5 Å². The van der Waals surface area contributed by atoms with Crippen LogP contribution in [0.25, 0.3) is 0 Å². The van der Waals surface area contributed by atoms with Gasteiger partial charge in [0, 0.05) is 34.9 Å². The topological polar surface area (TPSA) is 50.4 Å². The van der Waals surface area contributed by atoms with E-state index >= 15 is 0 Å². The van der Waals surface area contributed by atoms with Gasteiger partial charge < -0.3 is 15.4 Å². The highest BCUT2D eigenvalue weighted by molar-refractivity contribution is 6.35. The SMILES string of the molecule is CCC(=O)Nc1ccc(NCc2cc(Cl)cc(Cl)c2OC)cc1. The summed E-state index contributed by atoms with van der Waals surface area (Å²) in [5.74, 6) is 0.597. The Labute approximate surface area is 145 Å².